The van der Waals surface area contributed by atoms with Crippen molar-refractivity contribution < 1.29 is 9.53 Å². The van der Waals surface area contributed by atoms with Crippen LogP contribution in [-0.2, 0) is 0 Å². The number of rotatable bonds is 4. The van der Waals surface area contributed by atoms with E-state index in [1.54, 1.807) is 61.5 Å². The van der Waals surface area contributed by atoms with Crippen LogP contribution in [0.4, 0.5) is 0 Å². The Hall–Kier alpha value is -3.58. The van der Waals surface area contributed by atoms with Crippen molar-refractivity contribution in [2.75, 3.05) is 0 Å². The van der Waals surface area contributed by atoms with E-state index in [1.807, 2.05) is 19.1 Å². The molecule has 1 heterocycles. The SMILES string of the molecule is Cc1cccc(C(=O)Oc2ccc(Br)cc2C=Nn2c(C)nc3ccccc3c2=O)c1. The molecule has 0 aliphatic heterocycles. The van der Waals surface area contributed by atoms with Crippen molar-refractivity contribution in [1.29, 1.82) is 0 Å². The molecule has 0 radical (unpaired) electrons. The molecular formula is C24H18BrN3O3. The van der Waals surface area contributed by atoms with Gasteiger partial charge in [-0.15, -0.1) is 0 Å². The van der Waals surface area contributed by atoms with Crippen LogP contribution in [0.5, 0.6) is 5.75 Å². The molecule has 0 atom stereocenters. The molecule has 4 aromatic rings. The lowest BCUT2D eigenvalue weighted by Gasteiger charge is -2.09. The molecule has 0 saturated carbocycles. The quantitative estimate of drug-likeness (QED) is 0.239. The molecule has 1 aromatic heterocycles. The zero-order chi connectivity index (χ0) is 22.0. The maximum Gasteiger partial charge on any atom is 0.343 e. The normalized spacial score (nSPS) is 11.2. The molecule has 0 N–H and O–H groups in total. The van der Waals surface area contributed by atoms with Crippen molar-refractivity contribution in [3.05, 3.63) is 104 Å². The number of nitrogens with zero attached hydrogens (tertiary/aromatic N) is 3. The first-order valence-electron chi connectivity index (χ1n) is 9.53. The number of aryl methyl sites for hydroxylation is 2. The molecule has 154 valence electrons. The molecule has 0 amide bonds. The van der Waals surface area contributed by atoms with Crippen molar-refractivity contribution >= 4 is 39.0 Å². The molecule has 0 saturated heterocycles. The van der Waals surface area contributed by atoms with E-state index < -0.39 is 5.97 Å². The fourth-order valence-corrected chi connectivity index (χ4v) is 3.51. The minimum atomic E-state index is -0.471. The number of benzene rings is 3. The van der Waals surface area contributed by atoms with E-state index in [4.69, 9.17) is 4.74 Å². The number of aromatic nitrogens is 2. The van der Waals surface area contributed by atoms with Crippen LogP contribution in [0.25, 0.3) is 10.9 Å². The molecule has 0 bridgehead atoms. The zero-order valence-electron chi connectivity index (χ0n) is 16.9. The van der Waals surface area contributed by atoms with Crippen LogP contribution in [0.3, 0.4) is 0 Å². The summed E-state index contributed by atoms with van der Waals surface area (Å²) in [5.74, 6) is 0.313. The molecule has 0 aliphatic carbocycles. The van der Waals surface area contributed by atoms with E-state index in [9.17, 15) is 9.59 Å². The third-order valence-corrected chi connectivity index (χ3v) is 5.15. The second kappa shape index (κ2) is 8.65. The zero-order valence-corrected chi connectivity index (χ0v) is 18.5. The lowest BCUT2D eigenvalue weighted by Crippen LogP contribution is -2.20. The Morgan fingerprint density at radius 1 is 1.06 bits per heavy atom. The van der Waals surface area contributed by atoms with Crippen LogP contribution in [0, 0.1) is 13.8 Å². The predicted molar refractivity (Wildman–Crippen MR) is 124 cm³/mol. The highest BCUT2D eigenvalue weighted by atomic mass is 79.9. The molecular weight excluding hydrogens is 458 g/mol. The highest BCUT2D eigenvalue weighted by molar-refractivity contribution is 9.10. The number of fused-ring (bicyclic) bond motifs is 1. The number of halogens is 1. The number of hydrogen-bond donors (Lipinski definition) is 0. The molecule has 7 heteroatoms. The van der Waals surface area contributed by atoms with E-state index in [0.29, 0.717) is 33.6 Å². The van der Waals surface area contributed by atoms with Gasteiger partial charge >= 0.3 is 5.97 Å². The van der Waals surface area contributed by atoms with Gasteiger partial charge in [0.15, 0.2) is 0 Å². The third kappa shape index (κ3) is 4.46. The van der Waals surface area contributed by atoms with Crippen LogP contribution in [-0.4, -0.2) is 21.8 Å². The van der Waals surface area contributed by atoms with Gasteiger partial charge in [-0.2, -0.15) is 9.78 Å². The fourth-order valence-electron chi connectivity index (χ4n) is 3.13. The van der Waals surface area contributed by atoms with Crippen molar-refractivity contribution in [3.63, 3.8) is 0 Å². The fraction of sp³-hybridized carbons (Fsp3) is 0.0833. The summed E-state index contributed by atoms with van der Waals surface area (Å²) < 4.78 is 7.62. The Kier molecular flexibility index (Phi) is 5.77. The van der Waals surface area contributed by atoms with Crippen molar-refractivity contribution in [2.45, 2.75) is 13.8 Å². The van der Waals surface area contributed by atoms with Gasteiger partial charge in [-0.05, 0) is 56.3 Å². The largest absolute Gasteiger partial charge is 0.422 e. The molecule has 0 spiro atoms. The van der Waals surface area contributed by atoms with Crippen molar-refractivity contribution in [2.24, 2.45) is 5.10 Å². The summed E-state index contributed by atoms with van der Waals surface area (Å²) in [6, 6.07) is 19.5. The van der Waals surface area contributed by atoms with E-state index in [2.05, 4.69) is 26.0 Å². The smallest absolute Gasteiger partial charge is 0.343 e. The van der Waals surface area contributed by atoms with Gasteiger partial charge in [0.1, 0.15) is 11.6 Å². The van der Waals surface area contributed by atoms with Crippen LogP contribution in [0.15, 0.2) is 81.1 Å². The molecule has 0 unspecified atom stereocenters. The first kappa shape index (κ1) is 20.7. The Balaban J connectivity index is 1.70. The van der Waals surface area contributed by atoms with E-state index in [0.717, 1.165) is 10.0 Å². The van der Waals surface area contributed by atoms with Crippen LogP contribution in [0.1, 0.15) is 27.3 Å². The number of para-hydroxylation sites is 1. The minimum absolute atomic E-state index is 0.271. The lowest BCUT2D eigenvalue weighted by molar-refractivity contribution is 0.0734. The highest BCUT2D eigenvalue weighted by Crippen LogP contribution is 2.23. The van der Waals surface area contributed by atoms with Gasteiger partial charge in [-0.25, -0.2) is 9.78 Å². The first-order valence-corrected chi connectivity index (χ1v) is 10.3. The molecule has 6 nitrogen and oxygen atoms in total. The maximum atomic E-state index is 12.8. The summed E-state index contributed by atoms with van der Waals surface area (Å²) in [5.41, 5.74) is 2.30. The first-order chi connectivity index (χ1) is 14.9. The van der Waals surface area contributed by atoms with Crippen LogP contribution in [0.2, 0.25) is 0 Å². The summed E-state index contributed by atoms with van der Waals surface area (Å²) in [4.78, 5) is 29.9. The number of hydrogen-bond acceptors (Lipinski definition) is 5. The Morgan fingerprint density at radius 2 is 1.87 bits per heavy atom. The molecule has 0 aliphatic rings. The van der Waals surface area contributed by atoms with Gasteiger partial charge in [0, 0.05) is 10.0 Å². The Bertz CT molecular complexity index is 1390. The number of ether oxygens (including phenoxy) is 1. The lowest BCUT2D eigenvalue weighted by atomic mass is 10.1. The second-order valence-corrected chi connectivity index (χ2v) is 7.89. The summed E-state index contributed by atoms with van der Waals surface area (Å²) in [6.45, 7) is 3.62. The van der Waals surface area contributed by atoms with Gasteiger partial charge in [0.05, 0.1) is 22.7 Å². The average molecular weight is 476 g/mol. The highest BCUT2D eigenvalue weighted by Gasteiger charge is 2.12. The van der Waals surface area contributed by atoms with Crippen molar-refractivity contribution in [1.82, 2.24) is 9.66 Å². The van der Waals surface area contributed by atoms with Crippen LogP contribution < -0.4 is 10.3 Å². The molecule has 3 aromatic carbocycles. The van der Waals surface area contributed by atoms with E-state index >= 15 is 0 Å². The van der Waals surface area contributed by atoms with E-state index in [-0.39, 0.29) is 5.56 Å². The summed E-state index contributed by atoms with van der Waals surface area (Å²) in [7, 11) is 0. The van der Waals surface area contributed by atoms with Gasteiger partial charge < -0.3 is 4.74 Å². The summed E-state index contributed by atoms with van der Waals surface area (Å²) >= 11 is 3.42. The Morgan fingerprint density at radius 3 is 2.68 bits per heavy atom. The van der Waals surface area contributed by atoms with Gasteiger partial charge in [0.2, 0.25) is 0 Å². The number of carbonyl (C=O) groups is 1. The molecule has 31 heavy (non-hydrogen) atoms. The van der Waals surface area contributed by atoms with Gasteiger partial charge in [-0.1, -0.05) is 45.8 Å². The number of carbonyl (C=O) groups excluding carboxylic acids is 1. The van der Waals surface area contributed by atoms with Crippen LogP contribution >= 0.6 is 15.9 Å². The molecule has 4 rings (SSSR count). The van der Waals surface area contributed by atoms with E-state index in [1.165, 1.54) is 10.9 Å². The minimum Gasteiger partial charge on any atom is -0.422 e. The topological polar surface area (TPSA) is 73.5 Å². The van der Waals surface area contributed by atoms with Crippen molar-refractivity contribution in [3.8, 4) is 5.75 Å². The number of esters is 1. The summed E-state index contributed by atoms with van der Waals surface area (Å²) in [6.07, 6.45) is 1.48. The Labute approximate surface area is 187 Å². The predicted octanol–water partition coefficient (Wildman–Crippen LogP) is 4.88. The molecule has 0 fully saturated rings. The monoisotopic (exact) mass is 475 g/mol. The average Bonchev–Trinajstić information content (AvgIpc) is 2.75. The standard InChI is InChI=1S/C24H18BrN3O3/c1-15-6-5-7-17(12-15)24(30)31-22-11-10-19(25)13-18(22)14-26-28-16(2)27-21-9-4-3-8-20(21)23(28)29/h3-14H,1-2H3. The third-order valence-electron chi connectivity index (χ3n) is 4.66. The second-order valence-electron chi connectivity index (χ2n) is 6.98. The maximum absolute atomic E-state index is 12.8. The van der Waals surface area contributed by atoms with Gasteiger partial charge in [-0.3, -0.25) is 4.79 Å². The van der Waals surface area contributed by atoms with Gasteiger partial charge in [0.25, 0.3) is 5.56 Å². The summed E-state index contributed by atoms with van der Waals surface area (Å²) in [5, 5.41) is 4.80.